The number of ether oxygens (including phenoxy) is 2. The molecule has 0 atom stereocenters. The molecule has 0 bridgehead atoms. The summed E-state index contributed by atoms with van der Waals surface area (Å²) < 4.78 is 10.4. The Bertz CT molecular complexity index is 712. The van der Waals surface area contributed by atoms with Crippen LogP contribution in [0.3, 0.4) is 0 Å². The predicted molar refractivity (Wildman–Crippen MR) is 97.3 cm³/mol. The van der Waals surface area contributed by atoms with Crippen LogP contribution in [-0.2, 0) is 4.79 Å². The molecular formula is C16H16N2O3S2. The van der Waals surface area contributed by atoms with E-state index in [1.807, 2.05) is 17.5 Å². The summed E-state index contributed by atoms with van der Waals surface area (Å²) in [7, 11) is 3.12. The van der Waals surface area contributed by atoms with E-state index >= 15 is 0 Å². The van der Waals surface area contributed by atoms with Crippen molar-refractivity contribution in [2.75, 3.05) is 19.5 Å². The zero-order chi connectivity index (χ0) is 16.7. The highest BCUT2D eigenvalue weighted by Gasteiger charge is 2.08. The van der Waals surface area contributed by atoms with Crippen LogP contribution in [0.25, 0.3) is 6.08 Å². The Kier molecular flexibility index (Phi) is 6.13. The minimum absolute atomic E-state index is 0.178. The van der Waals surface area contributed by atoms with E-state index in [4.69, 9.17) is 21.7 Å². The van der Waals surface area contributed by atoms with Crippen molar-refractivity contribution in [2.45, 2.75) is 0 Å². The fourth-order valence-electron chi connectivity index (χ4n) is 1.76. The van der Waals surface area contributed by atoms with Gasteiger partial charge in [0.25, 0.3) is 0 Å². The highest BCUT2D eigenvalue weighted by Crippen LogP contribution is 2.28. The molecule has 0 spiro atoms. The SMILES string of the molecule is COc1ccc(OC)c(NC(=S)NC(=O)/C=C/c2cccs2)c1. The van der Waals surface area contributed by atoms with Crippen molar-refractivity contribution in [1.29, 1.82) is 0 Å². The third-order valence-corrected chi connectivity index (χ3v) is 3.88. The largest absolute Gasteiger partial charge is 0.497 e. The number of benzene rings is 1. The summed E-state index contributed by atoms with van der Waals surface area (Å²) in [5, 5.41) is 7.63. The van der Waals surface area contributed by atoms with Crippen LogP contribution in [0, 0.1) is 0 Å². The number of thiophene rings is 1. The first kappa shape index (κ1) is 17.0. The topological polar surface area (TPSA) is 59.6 Å². The number of rotatable bonds is 5. The van der Waals surface area contributed by atoms with Crippen LogP contribution in [0.2, 0.25) is 0 Å². The molecule has 1 aromatic carbocycles. The minimum atomic E-state index is -0.308. The highest BCUT2D eigenvalue weighted by atomic mass is 32.1. The Morgan fingerprint density at radius 1 is 1.26 bits per heavy atom. The Morgan fingerprint density at radius 2 is 2.09 bits per heavy atom. The lowest BCUT2D eigenvalue weighted by molar-refractivity contribution is -0.115. The molecule has 2 aromatic rings. The Labute approximate surface area is 143 Å². The average Bonchev–Trinajstić information content (AvgIpc) is 3.06. The lowest BCUT2D eigenvalue weighted by Crippen LogP contribution is -2.32. The predicted octanol–water partition coefficient (Wildman–Crippen LogP) is 3.29. The quantitative estimate of drug-likeness (QED) is 0.641. The second kappa shape index (κ2) is 8.30. The summed E-state index contributed by atoms with van der Waals surface area (Å²) in [6.07, 6.45) is 3.16. The molecular weight excluding hydrogens is 332 g/mol. The number of carbonyl (C=O) groups is 1. The number of hydrogen-bond donors (Lipinski definition) is 2. The van der Waals surface area contributed by atoms with Crippen LogP contribution in [0.1, 0.15) is 4.88 Å². The molecule has 23 heavy (non-hydrogen) atoms. The van der Waals surface area contributed by atoms with Crippen LogP contribution < -0.4 is 20.1 Å². The zero-order valence-electron chi connectivity index (χ0n) is 12.7. The van der Waals surface area contributed by atoms with Crippen LogP contribution in [0.5, 0.6) is 11.5 Å². The molecule has 0 saturated heterocycles. The maximum absolute atomic E-state index is 11.8. The summed E-state index contributed by atoms with van der Waals surface area (Å²) in [4.78, 5) is 12.8. The maximum atomic E-state index is 11.8. The van der Waals surface area contributed by atoms with Gasteiger partial charge in [-0.25, -0.2) is 0 Å². The number of carbonyl (C=O) groups excluding carboxylic acids is 1. The third kappa shape index (κ3) is 5.08. The first-order valence-corrected chi connectivity index (χ1v) is 7.96. The Balaban J connectivity index is 1.97. The fourth-order valence-corrected chi connectivity index (χ4v) is 2.59. The van der Waals surface area contributed by atoms with Crippen molar-refractivity contribution in [3.05, 3.63) is 46.7 Å². The average molecular weight is 348 g/mol. The van der Waals surface area contributed by atoms with Gasteiger partial charge in [0.15, 0.2) is 5.11 Å². The van der Waals surface area contributed by atoms with Gasteiger partial charge in [0, 0.05) is 17.0 Å². The minimum Gasteiger partial charge on any atom is -0.497 e. The summed E-state index contributed by atoms with van der Waals surface area (Å²) in [6, 6.07) is 9.10. The van der Waals surface area contributed by atoms with Gasteiger partial charge in [-0.1, -0.05) is 6.07 Å². The van der Waals surface area contributed by atoms with Crippen molar-refractivity contribution in [3.8, 4) is 11.5 Å². The van der Waals surface area contributed by atoms with Crippen molar-refractivity contribution < 1.29 is 14.3 Å². The summed E-state index contributed by atoms with van der Waals surface area (Å²) in [5.41, 5.74) is 0.611. The van der Waals surface area contributed by atoms with Crippen molar-refractivity contribution in [2.24, 2.45) is 0 Å². The van der Waals surface area contributed by atoms with E-state index in [1.165, 1.54) is 6.08 Å². The first-order valence-electron chi connectivity index (χ1n) is 6.68. The van der Waals surface area contributed by atoms with Crippen LogP contribution in [0.15, 0.2) is 41.8 Å². The molecule has 0 unspecified atom stereocenters. The summed E-state index contributed by atoms with van der Waals surface area (Å²) in [6.45, 7) is 0. The second-order valence-corrected chi connectivity index (χ2v) is 5.75. The number of thiocarbonyl (C=S) groups is 1. The molecule has 0 aliphatic rings. The van der Waals surface area contributed by atoms with E-state index in [-0.39, 0.29) is 11.0 Å². The van der Waals surface area contributed by atoms with Gasteiger partial charge in [-0.05, 0) is 41.9 Å². The van der Waals surface area contributed by atoms with Gasteiger partial charge < -0.3 is 14.8 Å². The Morgan fingerprint density at radius 3 is 2.74 bits per heavy atom. The maximum Gasteiger partial charge on any atom is 0.250 e. The van der Waals surface area contributed by atoms with Crippen molar-refractivity contribution >= 4 is 46.3 Å². The lowest BCUT2D eigenvalue weighted by Gasteiger charge is -2.13. The standard InChI is InChI=1S/C16H16N2O3S2/c1-20-11-5-7-14(21-2)13(10-11)17-16(22)18-15(19)8-6-12-4-3-9-23-12/h3-10H,1-2H3,(H2,17,18,19,22)/b8-6+. The molecule has 0 saturated carbocycles. The van der Waals surface area contributed by atoms with E-state index in [0.717, 1.165) is 4.88 Å². The van der Waals surface area contributed by atoms with E-state index in [9.17, 15) is 4.79 Å². The number of hydrogen-bond acceptors (Lipinski definition) is 5. The number of nitrogens with one attached hydrogen (secondary N) is 2. The van der Waals surface area contributed by atoms with Gasteiger partial charge in [-0.2, -0.15) is 0 Å². The fraction of sp³-hybridized carbons (Fsp3) is 0.125. The van der Waals surface area contributed by atoms with E-state index in [2.05, 4.69) is 10.6 Å². The molecule has 1 amide bonds. The van der Waals surface area contributed by atoms with E-state index < -0.39 is 0 Å². The molecule has 1 aromatic heterocycles. The summed E-state index contributed by atoms with van der Waals surface area (Å²) in [5.74, 6) is 0.939. The first-order chi connectivity index (χ1) is 11.1. The Hall–Kier alpha value is -2.38. The molecule has 0 aliphatic carbocycles. The number of methoxy groups -OCH3 is 2. The van der Waals surface area contributed by atoms with Gasteiger partial charge in [0.1, 0.15) is 11.5 Å². The van der Waals surface area contributed by atoms with Crippen LogP contribution >= 0.6 is 23.6 Å². The molecule has 120 valence electrons. The molecule has 0 fully saturated rings. The smallest absolute Gasteiger partial charge is 0.250 e. The second-order valence-electron chi connectivity index (χ2n) is 4.36. The molecule has 0 aliphatic heterocycles. The highest BCUT2D eigenvalue weighted by molar-refractivity contribution is 7.80. The van der Waals surface area contributed by atoms with Crippen molar-refractivity contribution in [3.63, 3.8) is 0 Å². The molecule has 5 nitrogen and oxygen atoms in total. The lowest BCUT2D eigenvalue weighted by atomic mass is 10.2. The van der Waals surface area contributed by atoms with Gasteiger partial charge in [0.05, 0.1) is 19.9 Å². The molecule has 2 N–H and O–H groups in total. The molecule has 0 radical (unpaired) electrons. The van der Waals surface area contributed by atoms with Gasteiger partial charge in [0.2, 0.25) is 5.91 Å². The summed E-state index contributed by atoms with van der Waals surface area (Å²) >= 11 is 6.69. The van der Waals surface area contributed by atoms with Crippen LogP contribution in [-0.4, -0.2) is 25.2 Å². The molecule has 1 heterocycles. The normalized spacial score (nSPS) is 10.3. The van der Waals surface area contributed by atoms with Gasteiger partial charge >= 0.3 is 0 Å². The number of amides is 1. The van der Waals surface area contributed by atoms with E-state index in [1.54, 1.807) is 49.8 Å². The van der Waals surface area contributed by atoms with Crippen LogP contribution in [0.4, 0.5) is 5.69 Å². The van der Waals surface area contributed by atoms with Gasteiger partial charge in [-0.3, -0.25) is 10.1 Å². The molecule has 2 rings (SSSR count). The van der Waals surface area contributed by atoms with E-state index in [0.29, 0.717) is 17.2 Å². The third-order valence-electron chi connectivity index (χ3n) is 2.83. The van der Waals surface area contributed by atoms with Gasteiger partial charge in [-0.15, -0.1) is 11.3 Å². The number of anilines is 1. The van der Waals surface area contributed by atoms with Crippen molar-refractivity contribution in [1.82, 2.24) is 5.32 Å². The monoisotopic (exact) mass is 348 g/mol. The molecule has 7 heteroatoms. The zero-order valence-corrected chi connectivity index (χ0v) is 14.3.